The normalized spacial score (nSPS) is 17.8. The molecule has 17 heavy (non-hydrogen) atoms. The Hall–Kier alpha value is -1.55. The molecule has 3 rings (SSSR count). The van der Waals surface area contributed by atoms with E-state index >= 15 is 0 Å². The summed E-state index contributed by atoms with van der Waals surface area (Å²) >= 11 is 3.43. The van der Waals surface area contributed by atoms with Crippen molar-refractivity contribution in [2.75, 3.05) is 11.9 Å². The molecule has 0 bridgehead atoms. The average Bonchev–Trinajstić information content (AvgIpc) is 2.39. The van der Waals surface area contributed by atoms with Crippen LogP contribution in [0.5, 0.6) is 5.75 Å². The second-order valence-electron chi connectivity index (χ2n) is 3.93. The van der Waals surface area contributed by atoms with Crippen molar-refractivity contribution >= 4 is 21.6 Å². The Labute approximate surface area is 108 Å². The number of nitrogens with zero attached hydrogens (tertiary/aromatic N) is 1. The fourth-order valence-electron chi connectivity index (χ4n) is 1.90. The second-order valence-corrected chi connectivity index (χ2v) is 4.85. The Morgan fingerprint density at radius 2 is 2.29 bits per heavy atom. The van der Waals surface area contributed by atoms with Crippen LogP contribution in [0.1, 0.15) is 11.6 Å². The first-order chi connectivity index (χ1) is 8.33. The summed E-state index contributed by atoms with van der Waals surface area (Å²) in [5.41, 5.74) is 2.16. The zero-order valence-electron chi connectivity index (χ0n) is 9.06. The van der Waals surface area contributed by atoms with Crippen molar-refractivity contribution < 1.29 is 4.74 Å². The molecular formula is C13H11BrN2O. The summed E-state index contributed by atoms with van der Waals surface area (Å²) in [5.74, 6) is 0.888. The highest BCUT2D eigenvalue weighted by molar-refractivity contribution is 9.10. The summed E-state index contributed by atoms with van der Waals surface area (Å²) in [6, 6.07) is 10.1. The Bertz CT molecular complexity index is 530. The van der Waals surface area contributed by atoms with E-state index in [2.05, 4.69) is 32.3 Å². The molecule has 1 aromatic carbocycles. The number of halogens is 1. The quantitative estimate of drug-likeness (QED) is 0.874. The highest BCUT2D eigenvalue weighted by Gasteiger charge is 2.20. The van der Waals surface area contributed by atoms with Crippen LogP contribution >= 0.6 is 15.9 Å². The van der Waals surface area contributed by atoms with E-state index < -0.39 is 0 Å². The van der Waals surface area contributed by atoms with Crippen molar-refractivity contribution in [3.8, 4) is 5.75 Å². The standard InChI is InChI=1S/C13H11BrN2O/c14-10-3-4-11-13(6-10)17-8-12(16-11)9-2-1-5-15-7-9/h1-7,12,16H,8H2. The predicted octanol–water partition coefficient (Wildman–Crippen LogP) is 3.39. The molecule has 0 amide bonds. The molecule has 86 valence electrons. The molecule has 0 saturated heterocycles. The molecule has 1 unspecified atom stereocenters. The molecule has 1 aromatic heterocycles. The summed E-state index contributed by atoms with van der Waals surface area (Å²) in [6.07, 6.45) is 3.64. The first kappa shape index (κ1) is 10.6. The van der Waals surface area contributed by atoms with Crippen LogP contribution in [-0.4, -0.2) is 11.6 Å². The van der Waals surface area contributed by atoms with Gasteiger partial charge in [-0.2, -0.15) is 0 Å². The van der Waals surface area contributed by atoms with Gasteiger partial charge in [0, 0.05) is 16.9 Å². The Balaban J connectivity index is 1.88. The third-order valence-electron chi connectivity index (χ3n) is 2.77. The minimum atomic E-state index is 0.164. The molecular weight excluding hydrogens is 280 g/mol. The van der Waals surface area contributed by atoms with Crippen LogP contribution in [0.15, 0.2) is 47.2 Å². The van der Waals surface area contributed by atoms with E-state index in [9.17, 15) is 0 Å². The number of benzene rings is 1. The number of aromatic nitrogens is 1. The van der Waals surface area contributed by atoms with Gasteiger partial charge < -0.3 is 10.1 Å². The van der Waals surface area contributed by atoms with Gasteiger partial charge in [-0.3, -0.25) is 4.98 Å². The molecule has 0 radical (unpaired) electrons. The van der Waals surface area contributed by atoms with Crippen LogP contribution in [0.25, 0.3) is 0 Å². The molecule has 2 heterocycles. The van der Waals surface area contributed by atoms with Crippen molar-refractivity contribution in [2.45, 2.75) is 6.04 Å². The maximum atomic E-state index is 5.75. The van der Waals surface area contributed by atoms with Crippen LogP contribution in [0.2, 0.25) is 0 Å². The number of rotatable bonds is 1. The molecule has 4 heteroatoms. The van der Waals surface area contributed by atoms with E-state index in [4.69, 9.17) is 4.74 Å². The van der Waals surface area contributed by atoms with E-state index in [-0.39, 0.29) is 6.04 Å². The third kappa shape index (κ3) is 2.13. The molecule has 1 aliphatic heterocycles. The summed E-state index contributed by atoms with van der Waals surface area (Å²) in [6.45, 7) is 0.620. The van der Waals surface area contributed by atoms with Crippen LogP contribution in [0, 0.1) is 0 Å². The lowest BCUT2D eigenvalue weighted by atomic mass is 10.1. The fraction of sp³-hybridized carbons (Fsp3) is 0.154. The van der Waals surface area contributed by atoms with Gasteiger partial charge in [0.25, 0.3) is 0 Å². The molecule has 0 saturated carbocycles. The summed E-state index contributed by atoms with van der Waals surface area (Å²) in [7, 11) is 0. The van der Waals surface area contributed by atoms with E-state index in [0.29, 0.717) is 6.61 Å². The Morgan fingerprint density at radius 3 is 3.12 bits per heavy atom. The Morgan fingerprint density at radius 1 is 1.35 bits per heavy atom. The minimum absolute atomic E-state index is 0.164. The zero-order chi connectivity index (χ0) is 11.7. The largest absolute Gasteiger partial charge is 0.489 e. The maximum absolute atomic E-state index is 5.75. The Kier molecular flexibility index (Phi) is 2.73. The zero-order valence-corrected chi connectivity index (χ0v) is 10.6. The SMILES string of the molecule is Brc1ccc2c(c1)OCC(c1cccnc1)N2. The van der Waals surface area contributed by atoms with Gasteiger partial charge in [-0.25, -0.2) is 0 Å². The molecule has 0 spiro atoms. The van der Waals surface area contributed by atoms with Gasteiger partial charge in [0.2, 0.25) is 0 Å². The summed E-state index contributed by atoms with van der Waals surface area (Å²) in [4.78, 5) is 4.13. The van der Waals surface area contributed by atoms with Crippen LogP contribution in [0.4, 0.5) is 5.69 Å². The van der Waals surface area contributed by atoms with Gasteiger partial charge in [0.1, 0.15) is 12.4 Å². The number of nitrogens with one attached hydrogen (secondary N) is 1. The number of pyridine rings is 1. The van der Waals surface area contributed by atoms with E-state index in [1.807, 2.05) is 30.5 Å². The molecule has 2 aromatic rings. The first-order valence-electron chi connectivity index (χ1n) is 5.42. The topological polar surface area (TPSA) is 34.1 Å². The van der Waals surface area contributed by atoms with E-state index in [0.717, 1.165) is 21.5 Å². The highest BCUT2D eigenvalue weighted by Crippen LogP contribution is 2.35. The van der Waals surface area contributed by atoms with Crippen molar-refractivity contribution in [2.24, 2.45) is 0 Å². The lowest BCUT2D eigenvalue weighted by molar-refractivity contribution is 0.286. The monoisotopic (exact) mass is 290 g/mol. The van der Waals surface area contributed by atoms with Crippen LogP contribution < -0.4 is 10.1 Å². The van der Waals surface area contributed by atoms with E-state index in [1.165, 1.54) is 0 Å². The molecule has 1 atom stereocenters. The fourth-order valence-corrected chi connectivity index (χ4v) is 2.24. The lowest BCUT2D eigenvalue weighted by Gasteiger charge is -2.27. The molecule has 3 nitrogen and oxygen atoms in total. The summed E-state index contributed by atoms with van der Waals surface area (Å²) < 4.78 is 6.78. The minimum Gasteiger partial charge on any atom is -0.489 e. The summed E-state index contributed by atoms with van der Waals surface area (Å²) in [5, 5.41) is 3.45. The number of hydrogen-bond acceptors (Lipinski definition) is 3. The van der Waals surface area contributed by atoms with Gasteiger partial charge in [-0.1, -0.05) is 22.0 Å². The average molecular weight is 291 g/mol. The lowest BCUT2D eigenvalue weighted by Crippen LogP contribution is -2.23. The third-order valence-corrected chi connectivity index (χ3v) is 3.26. The van der Waals surface area contributed by atoms with Crippen molar-refractivity contribution in [1.29, 1.82) is 0 Å². The van der Waals surface area contributed by atoms with Gasteiger partial charge in [0.05, 0.1) is 11.7 Å². The van der Waals surface area contributed by atoms with Crippen LogP contribution in [0.3, 0.4) is 0 Å². The van der Waals surface area contributed by atoms with Gasteiger partial charge in [-0.15, -0.1) is 0 Å². The van der Waals surface area contributed by atoms with Gasteiger partial charge >= 0.3 is 0 Å². The number of fused-ring (bicyclic) bond motifs is 1. The number of ether oxygens (including phenoxy) is 1. The van der Waals surface area contributed by atoms with Gasteiger partial charge in [0.15, 0.2) is 0 Å². The molecule has 1 aliphatic rings. The predicted molar refractivity (Wildman–Crippen MR) is 70.2 cm³/mol. The van der Waals surface area contributed by atoms with Crippen molar-refractivity contribution in [1.82, 2.24) is 4.98 Å². The number of anilines is 1. The maximum Gasteiger partial charge on any atom is 0.143 e. The number of hydrogen-bond donors (Lipinski definition) is 1. The van der Waals surface area contributed by atoms with Crippen molar-refractivity contribution in [3.05, 3.63) is 52.8 Å². The smallest absolute Gasteiger partial charge is 0.143 e. The molecule has 0 aliphatic carbocycles. The van der Waals surface area contributed by atoms with Crippen molar-refractivity contribution in [3.63, 3.8) is 0 Å². The second kappa shape index (κ2) is 4.37. The van der Waals surface area contributed by atoms with Gasteiger partial charge in [-0.05, 0) is 29.8 Å². The molecule has 0 fully saturated rings. The first-order valence-corrected chi connectivity index (χ1v) is 6.21. The molecule has 1 N–H and O–H groups in total. The van der Waals surface area contributed by atoms with Crippen LogP contribution in [-0.2, 0) is 0 Å². The highest BCUT2D eigenvalue weighted by atomic mass is 79.9. The van der Waals surface area contributed by atoms with E-state index in [1.54, 1.807) is 6.20 Å².